The van der Waals surface area contributed by atoms with Crippen LogP contribution >= 0.6 is 11.8 Å². The molecule has 0 aliphatic carbocycles. The Hall–Kier alpha value is -3.98. The van der Waals surface area contributed by atoms with E-state index < -0.39 is 10.8 Å². The second-order valence-electron chi connectivity index (χ2n) is 7.45. The SMILES string of the molecule is Cc1ccc(-n2c(SCC(=O)Nc3ccccc3[N+](=O)[O-])nc3ccccc3c2=O)c(C)c1. The summed E-state index contributed by atoms with van der Waals surface area (Å²) in [7, 11) is 0. The van der Waals surface area contributed by atoms with Crippen molar-refractivity contribution in [1.29, 1.82) is 0 Å². The van der Waals surface area contributed by atoms with Gasteiger partial charge in [-0.25, -0.2) is 4.98 Å². The summed E-state index contributed by atoms with van der Waals surface area (Å²) in [5.41, 5.74) is 2.89. The van der Waals surface area contributed by atoms with Gasteiger partial charge in [-0.3, -0.25) is 24.3 Å². The van der Waals surface area contributed by atoms with E-state index in [9.17, 15) is 19.7 Å². The molecule has 0 fully saturated rings. The van der Waals surface area contributed by atoms with E-state index in [4.69, 9.17) is 0 Å². The Kier molecular flexibility index (Phi) is 6.23. The van der Waals surface area contributed by atoms with E-state index in [0.29, 0.717) is 21.7 Å². The Morgan fingerprint density at radius 3 is 2.58 bits per heavy atom. The molecule has 9 heteroatoms. The molecule has 1 amide bonds. The highest BCUT2D eigenvalue weighted by Gasteiger charge is 2.18. The zero-order valence-corrected chi connectivity index (χ0v) is 18.8. The molecule has 1 heterocycles. The fraction of sp³-hybridized carbons (Fsp3) is 0.125. The van der Waals surface area contributed by atoms with Crippen LogP contribution in [-0.4, -0.2) is 26.1 Å². The van der Waals surface area contributed by atoms with Crippen LogP contribution in [0.4, 0.5) is 11.4 Å². The molecule has 0 spiro atoms. The summed E-state index contributed by atoms with van der Waals surface area (Å²) < 4.78 is 1.51. The third-order valence-corrected chi connectivity index (χ3v) is 5.98. The Labute approximate surface area is 193 Å². The van der Waals surface area contributed by atoms with Gasteiger partial charge in [0.25, 0.3) is 11.2 Å². The van der Waals surface area contributed by atoms with Crippen LogP contribution in [0, 0.1) is 24.0 Å². The third-order valence-electron chi connectivity index (χ3n) is 5.05. The predicted molar refractivity (Wildman–Crippen MR) is 129 cm³/mol. The maximum atomic E-state index is 13.4. The smallest absolute Gasteiger partial charge is 0.292 e. The van der Waals surface area contributed by atoms with Crippen LogP contribution in [0.2, 0.25) is 0 Å². The lowest BCUT2D eigenvalue weighted by molar-refractivity contribution is -0.383. The molecule has 166 valence electrons. The summed E-state index contributed by atoms with van der Waals surface area (Å²) in [6.07, 6.45) is 0. The number of para-hydroxylation sites is 3. The number of benzene rings is 3. The lowest BCUT2D eigenvalue weighted by atomic mass is 10.1. The minimum atomic E-state index is -0.550. The van der Waals surface area contributed by atoms with Gasteiger partial charge >= 0.3 is 0 Å². The number of hydrogen-bond donors (Lipinski definition) is 1. The molecule has 33 heavy (non-hydrogen) atoms. The second kappa shape index (κ2) is 9.25. The molecule has 0 aliphatic rings. The number of nitrogens with zero attached hydrogens (tertiary/aromatic N) is 3. The average Bonchev–Trinajstić information content (AvgIpc) is 2.79. The van der Waals surface area contributed by atoms with Crippen molar-refractivity contribution in [1.82, 2.24) is 9.55 Å². The van der Waals surface area contributed by atoms with Crippen LogP contribution in [0.3, 0.4) is 0 Å². The molecule has 0 radical (unpaired) electrons. The molecule has 0 bridgehead atoms. The highest BCUT2D eigenvalue weighted by molar-refractivity contribution is 7.99. The molecule has 0 atom stereocenters. The summed E-state index contributed by atoms with van der Waals surface area (Å²) in [5.74, 6) is -0.522. The number of anilines is 1. The Balaban J connectivity index is 1.70. The molecule has 8 nitrogen and oxygen atoms in total. The van der Waals surface area contributed by atoms with E-state index in [-0.39, 0.29) is 22.7 Å². The molecule has 4 aromatic rings. The van der Waals surface area contributed by atoms with Gasteiger partial charge < -0.3 is 5.32 Å². The van der Waals surface area contributed by atoms with E-state index in [2.05, 4.69) is 10.3 Å². The van der Waals surface area contributed by atoms with Crippen molar-refractivity contribution in [3.8, 4) is 5.69 Å². The van der Waals surface area contributed by atoms with Gasteiger partial charge in [-0.1, -0.05) is 53.7 Å². The number of nitro groups is 1. The summed E-state index contributed by atoms with van der Waals surface area (Å²) in [4.78, 5) is 41.3. The first-order valence-corrected chi connectivity index (χ1v) is 11.1. The van der Waals surface area contributed by atoms with Crippen LogP contribution < -0.4 is 10.9 Å². The summed E-state index contributed by atoms with van der Waals surface area (Å²) in [5, 5.41) is 14.6. The van der Waals surface area contributed by atoms with Gasteiger partial charge in [0.2, 0.25) is 5.91 Å². The summed E-state index contributed by atoms with van der Waals surface area (Å²) in [6, 6.07) is 18.7. The normalized spacial score (nSPS) is 10.8. The zero-order chi connectivity index (χ0) is 23.5. The first kappa shape index (κ1) is 22.2. The van der Waals surface area contributed by atoms with Crippen LogP contribution in [0.1, 0.15) is 11.1 Å². The first-order chi connectivity index (χ1) is 15.8. The van der Waals surface area contributed by atoms with Crippen LogP contribution in [0.15, 0.2) is 76.7 Å². The topological polar surface area (TPSA) is 107 Å². The molecule has 0 saturated heterocycles. The Morgan fingerprint density at radius 1 is 1.09 bits per heavy atom. The van der Waals surface area contributed by atoms with Gasteiger partial charge in [-0.15, -0.1) is 0 Å². The number of nitrogens with one attached hydrogen (secondary N) is 1. The molecule has 1 aromatic heterocycles. The summed E-state index contributed by atoms with van der Waals surface area (Å²) >= 11 is 1.10. The van der Waals surface area contributed by atoms with E-state index in [1.807, 2.05) is 32.0 Å². The van der Waals surface area contributed by atoms with Crippen molar-refractivity contribution in [2.24, 2.45) is 0 Å². The van der Waals surface area contributed by atoms with Crippen molar-refractivity contribution >= 4 is 39.9 Å². The van der Waals surface area contributed by atoms with Gasteiger partial charge in [0.1, 0.15) is 5.69 Å². The molecule has 1 N–H and O–H groups in total. The van der Waals surface area contributed by atoms with Gasteiger partial charge in [-0.2, -0.15) is 0 Å². The minimum absolute atomic E-state index is 0.0816. The quantitative estimate of drug-likeness (QED) is 0.194. The molecule has 4 rings (SSSR count). The fourth-order valence-electron chi connectivity index (χ4n) is 3.53. The lowest BCUT2D eigenvalue weighted by Gasteiger charge is -2.15. The monoisotopic (exact) mass is 460 g/mol. The molecular weight excluding hydrogens is 440 g/mol. The highest BCUT2D eigenvalue weighted by atomic mass is 32.2. The molecule has 3 aromatic carbocycles. The van der Waals surface area contributed by atoms with Crippen molar-refractivity contribution in [3.63, 3.8) is 0 Å². The van der Waals surface area contributed by atoms with Gasteiger partial charge in [0, 0.05) is 6.07 Å². The number of aromatic nitrogens is 2. The van der Waals surface area contributed by atoms with Crippen LogP contribution in [-0.2, 0) is 4.79 Å². The van der Waals surface area contributed by atoms with Gasteiger partial charge in [-0.05, 0) is 43.7 Å². The number of carbonyl (C=O) groups is 1. The molecule has 0 saturated carbocycles. The van der Waals surface area contributed by atoms with Crippen molar-refractivity contribution in [2.45, 2.75) is 19.0 Å². The minimum Gasteiger partial charge on any atom is -0.320 e. The van der Waals surface area contributed by atoms with E-state index in [1.54, 1.807) is 30.3 Å². The Morgan fingerprint density at radius 2 is 1.82 bits per heavy atom. The third kappa shape index (κ3) is 4.63. The van der Waals surface area contributed by atoms with E-state index in [0.717, 1.165) is 22.9 Å². The number of nitro benzene ring substituents is 1. The Bertz CT molecular complexity index is 1450. The number of amides is 1. The zero-order valence-electron chi connectivity index (χ0n) is 17.9. The largest absolute Gasteiger partial charge is 0.320 e. The van der Waals surface area contributed by atoms with Crippen molar-refractivity contribution < 1.29 is 9.72 Å². The number of hydrogen-bond acceptors (Lipinski definition) is 6. The van der Waals surface area contributed by atoms with Crippen LogP contribution in [0.5, 0.6) is 0 Å². The summed E-state index contributed by atoms with van der Waals surface area (Å²) in [6.45, 7) is 3.89. The standard InChI is InChI=1S/C24H20N4O4S/c1-15-11-12-20(16(2)13-15)27-23(30)17-7-3-4-8-18(17)26-24(27)33-14-22(29)25-19-9-5-6-10-21(19)28(31)32/h3-13H,14H2,1-2H3,(H,25,29). The van der Waals surface area contributed by atoms with E-state index >= 15 is 0 Å². The number of carbonyl (C=O) groups excluding carboxylic acids is 1. The van der Waals surface area contributed by atoms with Gasteiger partial charge in [0.05, 0.1) is 27.3 Å². The highest BCUT2D eigenvalue weighted by Crippen LogP contribution is 2.26. The number of rotatable bonds is 6. The molecule has 0 unspecified atom stereocenters. The van der Waals surface area contributed by atoms with Gasteiger partial charge in [0.15, 0.2) is 5.16 Å². The fourth-order valence-corrected chi connectivity index (χ4v) is 4.34. The lowest BCUT2D eigenvalue weighted by Crippen LogP contribution is -2.23. The number of thioether (sulfide) groups is 1. The van der Waals surface area contributed by atoms with Crippen LogP contribution in [0.25, 0.3) is 16.6 Å². The predicted octanol–water partition coefficient (Wildman–Crippen LogP) is 4.64. The maximum absolute atomic E-state index is 13.4. The number of aryl methyl sites for hydroxylation is 2. The number of fused-ring (bicyclic) bond motifs is 1. The van der Waals surface area contributed by atoms with Crippen molar-refractivity contribution in [3.05, 3.63) is 98.3 Å². The second-order valence-corrected chi connectivity index (χ2v) is 8.40. The molecule has 0 aliphatic heterocycles. The van der Waals surface area contributed by atoms with E-state index in [1.165, 1.54) is 22.8 Å². The molecular formula is C24H20N4O4S. The van der Waals surface area contributed by atoms with Crippen molar-refractivity contribution in [2.75, 3.05) is 11.1 Å². The maximum Gasteiger partial charge on any atom is 0.292 e. The first-order valence-electron chi connectivity index (χ1n) is 10.1. The average molecular weight is 461 g/mol.